The predicted molar refractivity (Wildman–Crippen MR) is 83.1 cm³/mol. The second kappa shape index (κ2) is 9.29. The minimum atomic E-state index is 0.0140. The highest BCUT2D eigenvalue weighted by molar-refractivity contribution is 5.74. The van der Waals surface area contributed by atoms with Crippen LogP contribution in [0.25, 0.3) is 0 Å². The number of carbonyl (C=O) groups is 1. The van der Waals surface area contributed by atoms with Crippen molar-refractivity contribution in [1.29, 1.82) is 0 Å². The quantitative estimate of drug-likeness (QED) is 0.646. The van der Waals surface area contributed by atoms with Crippen LogP contribution in [0.4, 0.5) is 4.79 Å². The molecule has 1 N–H and O–H groups in total. The number of nitrogens with zero attached hydrogens (tertiary/aromatic N) is 2. The maximum Gasteiger partial charge on any atom is 0.317 e. The lowest BCUT2D eigenvalue weighted by atomic mass is 10.1. The SMILES string of the molecule is CCOCCCNC(=O)N1CC2CN(CCOC)CC(C1)O2. The first-order chi connectivity index (χ1) is 10.7. The number of urea groups is 1. The molecule has 2 heterocycles. The zero-order valence-electron chi connectivity index (χ0n) is 13.8. The van der Waals surface area contributed by atoms with Crippen LogP contribution in [-0.4, -0.2) is 94.2 Å². The number of ether oxygens (including phenoxy) is 3. The maximum absolute atomic E-state index is 12.2. The van der Waals surface area contributed by atoms with Crippen molar-refractivity contribution >= 4 is 6.03 Å². The lowest BCUT2D eigenvalue weighted by molar-refractivity contribution is -0.130. The molecule has 128 valence electrons. The van der Waals surface area contributed by atoms with E-state index >= 15 is 0 Å². The van der Waals surface area contributed by atoms with Gasteiger partial charge in [0.05, 0.1) is 18.8 Å². The van der Waals surface area contributed by atoms with Gasteiger partial charge < -0.3 is 24.4 Å². The molecule has 2 unspecified atom stereocenters. The molecule has 0 saturated carbocycles. The van der Waals surface area contributed by atoms with Crippen LogP contribution in [0.3, 0.4) is 0 Å². The molecule has 2 saturated heterocycles. The lowest BCUT2D eigenvalue weighted by Crippen LogP contribution is -2.62. The first-order valence-corrected chi connectivity index (χ1v) is 8.20. The topological polar surface area (TPSA) is 63.3 Å². The molecule has 0 aliphatic carbocycles. The summed E-state index contributed by atoms with van der Waals surface area (Å²) >= 11 is 0. The van der Waals surface area contributed by atoms with Crippen LogP contribution < -0.4 is 5.32 Å². The summed E-state index contributed by atoms with van der Waals surface area (Å²) in [5.74, 6) is 0. The second-order valence-corrected chi connectivity index (χ2v) is 5.82. The Balaban J connectivity index is 1.69. The molecular weight excluding hydrogens is 286 g/mol. The number of hydrogen-bond donors (Lipinski definition) is 1. The third-order valence-electron chi connectivity index (χ3n) is 4.00. The molecule has 7 heteroatoms. The zero-order chi connectivity index (χ0) is 15.8. The lowest BCUT2D eigenvalue weighted by Gasteiger charge is -2.45. The molecule has 0 aromatic heterocycles. The van der Waals surface area contributed by atoms with Gasteiger partial charge in [0.25, 0.3) is 0 Å². The molecule has 2 aliphatic heterocycles. The average Bonchev–Trinajstić information content (AvgIpc) is 2.51. The number of morpholine rings is 2. The summed E-state index contributed by atoms with van der Waals surface area (Å²) in [6.07, 6.45) is 1.07. The zero-order valence-corrected chi connectivity index (χ0v) is 13.8. The van der Waals surface area contributed by atoms with Crippen LogP contribution in [0.1, 0.15) is 13.3 Å². The Morgan fingerprint density at radius 1 is 1.23 bits per heavy atom. The van der Waals surface area contributed by atoms with Gasteiger partial charge in [-0.25, -0.2) is 4.79 Å². The first-order valence-electron chi connectivity index (χ1n) is 8.20. The largest absolute Gasteiger partial charge is 0.383 e. The Bertz CT molecular complexity index is 329. The van der Waals surface area contributed by atoms with E-state index in [9.17, 15) is 4.79 Å². The molecule has 0 aromatic carbocycles. The number of rotatable bonds is 8. The fourth-order valence-electron chi connectivity index (χ4n) is 2.97. The third kappa shape index (κ3) is 5.39. The van der Waals surface area contributed by atoms with Gasteiger partial charge >= 0.3 is 6.03 Å². The summed E-state index contributed by atoms with van der Waals surface area (Å²) in [6, 6.07) is 0.0140. The first kappa shape index (κ1) is 17.5. The Hall–Kier alpha value is -0.890. The van der Waals surface area contributed by atoms with Crippen LogP contribution >= 0.6 is 0 Å². The molecule has 0 aromatic rings. The van der Waals surface area contributed by atoms with Crippen molar-refractivity contribution in [1.82, 2.24) is 15.1 Å². The summed E-state index contributed by atoms with van der Waals surface area (Å²) in [4.78, 5) is 16.4. The molecule has 2 aliphatic rings. The number of fused-ring (bicyclic) bond motifs is 2. The minimum Gasteiger partial charge on any atom is -0.383 e. The van der Waals surface area contributed by atoms with E-state index in [1.165, 1.54) is 0 Å². The van der Waals surface area contributed by atoms with Crippen molar-refractivity contribution in [3.63, 3.8) is 0 Å². The molecule has 2 bridgehead atoms. The van der Waals surface area contributed by atoms with E-state index in [0.717, 1.165) is 39.3 Å². The van der Waals surface area contributed by atoms with Gasteiger partial charge in [-0.05, 0) is 13.3 Å². The fourth-order valence-corrected chi connectivity index (χ4v) is 2.97. The van der Waals surface area contributed by atoms with Crippen molar-refractivity contribution in [2.24, 2.45) is 0 Å². The summed E-state index contributed by atoms with van der Waals surface area (Å²) < 4.78 is 16.3. The van der Waals surface area contributed by atoms with E-state index in [0.29, 0.717) is 26.2 Å². The van der Waals surface area contributed by atoms with E-state index < -0.39 is 0 Å². The van der Waals surface area contributed by atoms with E-state index in [4.69, 9.17) is 14.2 Å². The normalized spacial score (nSPS) is 25.3. The van der Waals surface area contributed by atoms with Crippen molar-refractivity contribution in [2.75, 3.05) is 66.2 Å². The van der Waals surface area contributed by atoms with Crippen LogP contribution in [0, 0.1) is 0 Å². The molecule has 22 heavy (non-hydrogen) atoms. The molecular formula is C15H29N3O4. The average molecular weight is 315 g/mol. The predicted octanol–water partition coefficient (Wildman–Crippen LogP) is 0.154. The Morgan fingerprint density at radius 2 is 1.95 bits per heavy atom. The fraction of sp³-hybridized carbons (Fsp3) is 0.933. The van der Waals surface area contributed by atoms with Gasteiger partial charge in [0.1, 0.15) is 0 Å². The van der Waals surface area contributed by atoms with Gasteiger partial charge in [0, 0.05) is 59.6 Å². The number of hydrogen-bond acceptors (Lipinski definition) is 5. The van der Waals surface area contributed by atoms with Crippen molar-refractivity contribution in [2.45, 2.75) is 25.6 Å². The van der Waals surface area contributed by atoms with Gasteiger partial charge in [0.2, 0.25) is 0 Å². The van der Waals surface area contributed by atoms with E-state index in [2.05, 4.69) is 10.2 Å². The van der Waals surface area contributed by atoms with Crippen LogP contribution in [0.15, 0.2) is 0 Å². The summed E-state index contributed by atoms with van der Waals surface area (Å²) in [7, 11) is 1.72. The molecule has 7 nitrogen and oxygen atoms in total. The number of amides is 2. The summed E-state index contributed by atoms with van der Waals surface area (Å²) in [6.45, 7) is 8.78. The number of methoxy groups -OCH3 is 1. The van der Waals surface area contributed by atoms with Crippen LogP contribution in [0.5, 0.6) is 0 Å². The smallest absolute Gasteiger partial charge is 0.317 e. The monoisotopic (exact) mass is 315 g/mol. The Labute approximate surface area is 132 Å². The number of nitrogens with one attached hydrogen (secondary N) is 1. The highest BCUT2D eigenvalue weighted by Gasteiger charge is 2.36. The molecule has 2 atom stereocenters. The summed E-state index contributed by atoms with van der Waals surface area (Å²) in [5.41, 5.74) is 0. The highest BCUT2D eigenvalue weighted by atomic mass is 16.5. The molecule has 2 amide bonds. The molecule has 2 rings (SSSR count). The number of carbonyl (C=O) groups excluding carboxylic acids is 1. The highest BCUT2D eigenvalue weighted by Crippen LogP contribution is 2.19. The van der Waals surface area contributed by atoms with Crippen LogP contribution in [-0.2, 0) is 14.2 Å². The Kier molecular flexibility index (Phi) is 7.38. The standard InChI is InChI=1S/C15H29N3O4/c1-3-21-7-4-5-16-15(19)18-11-13-9-17(6-8-20-2)10-14(12-18)22-13/h13-14H,3-12H2,1-2H3,(H,16,19). The summed E-state index contributed by atoms with van der Waals surface area (Å²) in [5, 5.41) is 2.96. The van der Waals surface area contributed by atoms with Gasteiger partial charge in [-0.1, -0.05) is 0 Å². The molecule has 2 fully saturated rings. The third-order valence-corrected chi connectivity index (χ3v) is 4.00. The maximum atomic E-state index is 12.2. The molecule has 0 spiro atoms. The van der Waals surface area contributed by atoms with E-state index in [1.54, 1.807) is 7.11 Å². The minimum absolute atomic E-state index is 0.0140. The van der Waals surface area contributed by atoms with Crippen molar-refractivity contribution < 1.29 is 19.0 Å². The van der Waals surface area contributed by atoms with Gasteiger partial charge in [-0.15, -0.1) is 0 Å². The van der Waals surface area contributed by atoms with E-state index in [-0.39, 0.29) is 18.2 Å². The Morgan fingerprint density at radius 3 is 2.59 bits per heavy atom. The van der Waals surface area contributed by atoms with E-state index in [1.807, 2.05) is 11.8 Å². The van der Waals surface area contributed by atoms with Crippen LogP contribution in [0.2, 0.25) is 0 Å². The molecule has 0 radical (unpaired) electrons. The van der Waals surface area contributed by atoms with Gasteiger partial charge in [-0.2, -0.15) is 0 Å². The van der Waals surface area contributed by atoms with Gasteiger partial charge in [0.15, 0.2) is 0 Å². The second-order valence-electron chi connectivity index (χ2n) is 5.82. The van der Waals surface area contributed by atoms with Gasteiger partial charge in [-0.3, -0.25) is 4.90 Å². The van der Waals surface area contributed by atoms with Crippen molar-refractivity contribution in [3.05, 3.63) is 0 Å². The van der Waals surface area contributed by atoms with Crippen molar-refractivity contribution in [3.8, 4) is 0 Å².